The van der Waals surface area contributed by atoms with Crippen LogP contribution in [0.3, 0.4) is 0 Å². The predicted molar refractivity (Wildman–Crippen MR) is 119 cm³/mol. The summed E-state index contributed by atoms with van der Waals surface area (Å²) in [7, 11) is 2.03. The van der Waals surface area contributed by atoms with E-state index in [2.05, 4.69) is 22.9 Å². The largest absolute Gasteiger partial charge is 0.507 e. The summed E-state index contributed by atoms with van der Waals surface area (Å²) in [4.78, 5) is 0. The molecule has 0 aliphatic rings. The summed E-state index contributed by atoms with van der Waals surface area (Å²) in [5.41, 5.74) is 6.54. The van der Waals surface area contributed by atoms with Crippen molar-refractivity contribution in [1.82, 2.24) is 4.57 Å². The minimum Gasteiger partial charge on any atom is -0.507 e. The predicted octanol–water partition coefficient (Wildman–Crippen LogP) is 6.00. The zero-order valence-corrected chi connectivity index (χ0v) is 17.6. The molecule has 1 aromatic heterocycles. The van der Waals surface area contributed by atoms with Crippen LogP contribution in [0.4, 0.5) is 0 Å². The highest BCUT2D eigenvalue weighted by Crippen LogP contribution is 2.45. The molecule has 0 bridgehead atoms. The summed E-state index contributed by atoms with van der Waals surface area (Å²) in [6.45, 7) is 7.93. The van der Waals surface area contributed by atoms with Gasteiger partial charge in [0.2, 0.25) is 0 Å². The van der Waals surface area contributed by atoms with Gasteiger partial charge in [0, 0.05) is 35.5 Å². The number of phenols is 2. The molecule has 0 atom stereocenters. The topological polar surface area (TPSA) is 45.4 Å². The second-order valence-corrected chi connectivity index (χ2v) is 8.18. The van der Waals surface area contributed by atoms with Crippen molar-refractivity contribution in [1.29, 1.82) is 0 Å². The molecule has 0 unspecified atom stereocenters. The first-order valence-corrected chi connectivity index (χ1v) is 9.92. The molecule has 0 fully saturated rings. The fourth-order valence-electron chi connectivity index (χ4n) is 4.56. The summed E-state index contributed by atoms with van der Waals surface area (Å²) in [5.74, 6) is 0.269. The lowest BCUT2D eigenvalue weighted by molar-refractivity contribution is 0.453. The van der Waals surface area contributed by atoms with E-state index in [0.29, 0.717) is 0 Å². The summed E-state index contributed by atoms with van der Waals surface area (Å²) in [6, 6.07) is 16.3. The van der Waals surface area contributed by atoms with E-state index in [0.717, 1.165) is 49.8 Å². The van der Waals surface area contributed by atoms with Gasteiger partial charge < -0.3 is 14.8 Å². The van der Waals surface area contributed by atoms with Crippen molar-refractivity contribution >= 4 is 10.8 Å². The Morgan fingerprint density at radius 1 is 0.759 bits per heavy atom. The molecule has 3 nitrogen and oxygen atoms in total. The van der Waals surface area contributed by atoms with Gasteiger partial charge in [-0.1, -0.05) is 59.7 Å². The van der Waals surface area contributed by atoms with Crippen LogP contribution in [0.2, 0.25) is 0 Å². The number of rotatable bonds is 3. The van der Waals surface area contributed by atoms with E-state index in [4.69, 9.17) is 0 Å². The minimum absolute atomic E-state index is 0.282. The third-order valence-electron chi connectivity index (χ3n) is 5.79. The van der Waals surface area contributed by atoms with Crippen LogP contribution in [-0.4, -0.2) is 14.8 Å². The Hall–Kier alpha value is -3.20. The Morgan fingerprint density at radius 2 is 1.28 bits per heavy atom. The first kappa shape index (κ1) is 19.1. The highest BCUT2D eigenvalue weighted by molar-refractivity contribution is 5.87. The van der Waals surface area contributed by atoms with Crippen LogP contribution in [0.15, 0.2) is 54.7 Å². The molecule has 2 N–H and O–H groups in total. The quantitative estimate of drug-likeness (QED) is 0.454. The van der Waals surface area contributed by atoms with Crippen molar-refractivity contribution in [3.05, 3.63) is 93.8 Å². The van der Waals surface area contributed by atoms with Crippen LogP contribution >= 0.6 is 0 Å². The molecule has 0 spiro atoms. The Labute approximate surface area is 171 Å². The van der Waals surface area contributed by atoms with Gasteiger partial charge in [0.05, 0.1) is 5.92 Å². The second kappa shape index (κ2) is 7.00. The molecule has 0 aliphatic heterocycles. The molecule has 1 heterocycles. The third-order valence-corrected chi connectivity index (χ3v) is 5.79. The highest BCUT2D eigenvalue weighted by atomic mass is 16.3. The molecule has 3 aromatic carbocycles. The molecule has 4 rings (SSSR count). The van der Waals surface area contributed by atoms with Gasteiger partial charge in [-0.05, 0) is 44.2 Å². The fraction of sp³-hybridized carbons (Fsp3) is 0.231. The third kappa shape index (κ3) is 3.17. The number of hydrogen-bond acceptors (Lipinski definition) is 2. The number of nitrogens with zero attached hydrogens (tertiary/aromatic N) is 1. The molecule has 0 amide bonds. The Bertz CT molecular complexity index is 1180. The minimum atomic E-state index is -0.294. The number of aromatic hydroxyl groups is 2. The van der Waals surface area contributed by atoms with Gasteiger partial charge in [-0.3, -0.25) is 0 Å². The molecular formula is C26H27NO2. The van der Waals surface area contributed by atoms with Crippen LogP contribution in [-0.2, 0) is 7.05 Å². The number of fused-ring (bicyclic) bond motifs is 1. The van der Waals surface area contributed by atoms with E-state index in [1.54, 1.807) is 0 Å². The fourth-order valence-corrected chi connectivity index (χ4v) is 4.56. The molecule has 4 aromatic rings. The summed E-state index contributed by atoms with van der Waals surface area (Å²) in [6.07, 6.45) is 2.11. The van der Waals surface area contributed by atoms with Gasteiger partial charge in [0.25, 0.3) is 0 Å². The van der Waals surface area contributed by atoms with Crippen LogP contribution in [0.1, 0.15) is 45.0 Å². The van der Waals surface area contributed by atoms with Gasteiger partial charge >= 0.3 is 0 Å². The van der Waals surface area contributed by atoms with Crippen LogP contribution in [0.5, 0.6) is 11.5 Å². The van der Waals surface area contributed by atoms with Gasteiger partial charge in [-0.15, -0.1) is 0 Å². The summed E-state index contributed by atoms with van der Waals surface area (Å²) in [5, 5.41) is 24.4. The highest BCUT2D eigenvalue weighted by Gasteiger charge is 2.28. The van der Waals surface area contributed by atoms with E-state index >= 15 is 0 Å². The molecular weight excluding hydrogens is 358 g/mol. The maximum absolute atomic E-state index is 11.1. The van der Waals surface area contributed by atoms with E-state index in [1.807, 2.05) is 71.1 Å². The van der Waals surface area contributed by atoms with E-state index in [1.165, 1.54) is 0 Å². The lowest BCUT2D eigenvalue weighted by Crippen LogP contribution is -2.10. The molecule has 0 saturated carbocycles. The van der Waals surface area contributed by atoms with Crippen molar-refractivity contribution in [2.75, 3.05) is 0 Å². The lowest BCUT2D eigenvalue weighted by atomic mass is 9.83. The van der Waals surface area contributed by atoms with Crippen LogP contribution in [0.25, 0.3) is 10.8 Å². The monoisotopic (exact) mass is 385 g/mol. The Morgan fingerprint density at radius 3 is 1.83 bits per heavy atom. The van der Waals surface area contributed by atoms with E-state index in [9.17, 15) is 10.2 Å². The number of phenolic OH excluding ortho intramolecular Hbond substituents is 2. The molecule has 148 valence electrons. The van der Waals surface area contributed by atoms with E-state index < -0.39 is 0 Å². The average Bonchev–Trinajstić information content (AvgIpc) is 2.99. The maximum atomic E-state index is 11.1. The molecule has 0 radical (unpaired) electrons. The summed E-state index contributed by atoms with van der Waals surface area (Å²) < 4.78 is 2.11. The Kier molecular flexibility index (Phi) is 4.62. The van der Waals surface area contributed by atoms with Crippen molar-refractivity contribution in [2.24, 2.45) is 7.05 Å². The van der Waals surface area contributed by atoms with Crippen LogP contribution in [0, 0.1) is 27.7 Å². The van der Waals surface area contributed by atoms with Crippen molar-refractivity contribution < 1.29 is 10.2 Å². The molecule has 0 saturated heterocycles. The first-order valence-electron chi connectivity index (χ1n) is 9.92. The normalized spacial score (nSPS) is 11.5. The second-order valence-electron chi connectivity index (χ2n) is 8.18. The number of aryl methyl sites for hydroxylation is 5. The van der Waals surface area contributed by atoms with Crippen molar-refractivity contribution in [3.8, 4) is 11.5 Å². The Balaban J connectivity index is 2.13. The standard InChI is InChI=1S/C26H27NO2/c1-15-10-17(3)25(28)21(12-15)23(22-13-16(2)11-18(4)26(22)29)24-20-9-7-6-8-19(20)14-27(24)5/h6-14,23,28-29H,1-5H3. The van der Waals surface area contributed by atoms with Gasteiger partial charge in [-0.25, -0.2) is 0 Å². The molecule has 0 aliphatic carbocycles. The molecule has 3 heteroatoms. The van der Waals surface area contributed by atoms with Gasteiger partial charge in [-0.2, -0.15) is 0 Å². The van der Waals surface area contributed by atoms with Crippen molar-refractivity contribution in [2.45, 2.75) is 33.6 Å². The smallest absolute Gasteiger partial charge is 0.122 e. The van der Waals surface area contributed by atoms with Crippen molar-refractivity contribution in [3.63, 3.8) is 0 Å². The average molecular weight is 386 g/mol. The zero-order chi connectivity index (χ0) is 20.9. The first-order chi connectivity index (χ1) is 13.8. The summed E-state index contributed by atoms with van der Waals surface area (Å²) >= 11 is 0. The number of benzene rings is 3. The number of aromatic nitrogens is 1. The SMILES string of the molecule is Cc1cc(C)c(O)c(C(c2cc(C)cc(C)c2O)c2c3ccccc3cn2C)c1. The van der Waals surface area contributed by atoms with Gasteiger partial charge in [0.15, 0.2) is 0 Å². The lowest BCUT2D eigenvalue weighted by Gasteiger charge is -2.24. The van der Waals surface area contributed by atoms with Gasteiger partial charge in [0.1, 0.15) is 11.5 Å². The van der Waals surface area contributed by atoms with E-state index in [-0.39, 0.29) is 17.4 Å². The molecule has 29 heavy (non-hydrogen) atoms. The maximum Gasteiger partial charge on any atom is 0.122 e. The van der Waals surface area contributed by atoms with Crippen LogP contribution < -0.4 is 0 Å². The number of hydrogen-bond donors (Lipinski definition) is 2. The zero-order valence-electron chi connectivity index (χ0n) is 17.6.